The molecule has 1 amide bonds. The molecule has 0 unspecified atom stereocenters. The molecule has 28 heavy (non-hydrogen) atoms. The second-order valence-electron chi connectivity index (χ2n) is 7.05. The van der Waals surface area contributed by atoms with Crippen LogP contribution in [0.1, 0.15) is 39.7 Å². The lowest BCUT2D eigenvalue weighted by molar-refractivity contribution is -0.163. The lowest BCUT2D eigenvalue weighted by Crippen LogP contribution is -2.36. The van der Waals surface area contributed by atoms with Crippen LogP contribution in [0.2, 0.25) is 0 Å². The molecule has 2 heterocycles. The van der Waals surface area contributed by atoms with E-state index in [4.69, 9.17) is 14.2 Å². The minimum absolute atomic E-state index is 0.115. The van der Waals surface area contributed by atoms with Gasteiger partial charge in [0, 0.05) is 24.6 Å². The summed E-state index contributed by atoms with van der Waals surface area (Å²) in [6.45, 7) is 3.10. The Morgan fingerprint density at radius 3 is 2.57 bits per heavy atom. The van der Waals surface area contributed by atoms with E-state index in [1.807, 2.05) is 30.3 Å². The molecule has 1 saturated heterocycles. The van der Waals surface area contributed by atoms with Crippen LogP contribution in [-0.4, -0.2) is 38.0 Å². The molecule has 2 aliphatic rings. The number of benzene rings is 1. The molecule has 0 saturated carbocycles. The maximum absolute atomic E-state index is 12.6. The third kappa shape index (κ3) is 3.45. The molecule has 0 N–H and O–H groups in total. The predicted molar refractivity (Wildman–Crippen MR) is 106 cm³/mol. The average Bonchev–Trinajstić information content (AvgIpc) is 3.30. The SMILES string of the molecule is COC(=O)c1c(N(Cc2ccccc2)C(C)=O)sc2c1CCC1(C2)OCCO1. The van der Waals surface area contributed by atoms with Crippen molar-refractivity contribution in [2.45, 2.75) is 38.5 Å². The Morgan fingerprint density at radius 2 is 1.93 bits per heavy atom. The molecule has 1 aliphatic carbocycles. The maximum Gasteiger partial charge on any atom is 0.341 e. The van der Waals surface area contributed by atoms with Crippen LogP contribution in [0.3, 0.4) is 0 Å². The number of methoxy groups -OCH3 is 1. The topological polar surface area (TPSA) is 65.1 Å². The van der Waals surface area contributed by atoms with Crippen molar-refractivity contribution in [1.82, 2.24) is 0 Å². The van der Waals surface area contributed by atoms with Gasteiger partial charge in [-0.15, -0.1) is 11.3 Å². The Bertz CT molecular complexity index is 886. The van der Waals surface area contributed by atoms with Gasteiger partial charge >= 0.3 is 5.97 Å². The highest BCUT2D eigenvalue weighted by Crippen LogP contribution is 2.45. The minimum atomic E-state index is -0.594. The summed E-state index contributed by atoms with van der Waals surface area (Å²) in [6.07, 6.45) is 1.94. The van der Waals surface area contributed by atoms with Crippen molar-refractivity contribution >= 4 is 28.2 Å². The van der Waals surface area contributed by atoms with Gasteiger partial charge in [0.15, 0.2) is 5.79 Å². The van der Waals surface area contributed by atoms with E-state index in [1.165, 1.54) is 25.4 Å². The Kier molecular flexibility index (Phi) is 5.23. The maximum atomic E-state index is 12.6. The van der Waals surface area contributed by atoms with Crippen molar-refractivity contribution in [3.63, 3.8) is 0 Å². The zero-order valence-electron chi connectivity index (χ0n) is 16.0. The number of rotatable bonds is 4. The van der Waals surface area contributed by atoms with Gasteiger partial charge in [-0.2, -0.15) is 0 Å². The van der Waals surface area contributed by atoms with Crippen molar-refractivity contribution < 1.29 is 23.8 Å². The van der Waals surface area contributed by atoms with Crippen molar-refractivity contribution in [3.8, 4) is 0 Å². The molecule has 4 rings (SSSR count). The summed E-state index contributed by atoms with van der Waals surface area (Å²) in [5.41, 5.74) is 2.45. The van der Waals surface area contributed by atoms with Gasteiger partial charge in [0.2, 0.25) is 5.91 Å². The quantitative estimate of drug-likeness (QED) is 0.736. The van der Waals surface area contributed by atoms with E-state index in [-0.39, 0.29) is 5.91 Å². The highest BCUT2D eigenvalue weighted by Gasteiger charge is 2.43. The molecule has 7 heteroatoms. The average molecular weight is 401 g/mol. The summed E-state index contributed by atoms with van der Waals surface area (Å²) in [7, 11) is 1.37. The fourth-order valence-corrected chi connectivity index (χ4v) is 5.36. The summed E-state index contributed by atoms with van der Waals surface area (Å²) < 4.78 is 16.8. The number of ether oxygens (including phenoxy) is 3. The number of thiophene rings is 1. The summed E-state index contributed by atoms with van der Waals surface area (Å²) in [6, 6.07) is 9.75. The second kappa shape index (κ2) is 7.66. The number of nitrogens with zero attached hydrogens (tertiary/aromatic N) is 1. The van der Waals surface area contributed by atoms with Gasteiger partial charge in [-0.3, -0.25) is 9.69 Å². The summed E-state index contributed by atoms with van der Waals surface area (Å²) in [5, 5.41) is 0.642. The Morgan fingerprint density at radius 1 is 1.21 bits per heavy atom. The van der Waals surface area contributed by atoms with E-state index in [0.717, 1.165) is 16.0 Å². The lowest BCUT2D eigenvalue weighted by atomic mass is 9.90. The third-order valence-electron chi connectivity index (χ3n) is 5.27. The van der Waals surface area contributed by atoms with E-state index in [2.05, 4.69) is 0 Å². The summed E-state index contributed by atoms with van der Waals surface area (Å²) >= 11 is 1.47. The van der Waals surface area contributed by atoms with Crippen LogP contribution < -0.4 is 4.90 Å². The molecule has 2 aromatic rings. The first-order chi connectivity index (χ1) is 13.5. The first-order valence-electron chi connectivity index (χ1n) is 9.36. The van der Waals surface area contributed by atoms with Crippen LogP contribution in [0.25, 0.3) is 0 Å². The standard InChI is InChI=1S/C21H23NO5S/c1-14(23)22(13-15-6-4-3-5-7-15)19-18(20(24)25-2)16-8-9-21(12-17(16)28-19)26-10-11-27-21/h3-7H,8-13H2,1-2H3. The number of carbonyl (C=O) groups is 2. The van der Waals surface area contributed by atoms with Crippen LogP contribution in [-0.2, 0) is 38.4 Å². The van der Waals surface area contributed by atoms with E-state index in [9.17, 15) is 9.59 Å². The number of fused-ring (bicyclic) bond motifs is 1. The number of hydrogen-bond donors (Lipinski definition) is 0. The second-order valence-corrected chi connectivity index (χ2v) is 8.13. The van der Waals surface area contributed by atoms with Gasteiger partial charge < -0.3 is 14.2 Å². The molecule has 6 nitrogen and oxygen atoms in total. The van der Waals surface area contributed by atoms with Crippen molar-refractivity contribution in [3.05, 3.63) is 51.9 Å². The van der Waals surface area contributed by atoms with Gasteiger partial charge in [0.05, 0.1) is 32.4 Å². The summed E-state index contributed by atoms with van der Waals surface area (Å²) in [4.78, 5) is 27.8. The molecule has 1 spiro atoms. The third-order valence-corrected chi connectivity index (χ3v) is 6.52. The Hall–Kier alpha value is -2.22. The van der Waals surface area contributed by atoms with Crippen LogP contribution in [0.15, 0.2) is 30.3 Å². The van der Waals surface area contributed by atoms with Gasteiger partial charge in [-0.25, -0.2) is 4.79 Å². The van der Waals surface area contributed by atoms with Gasteiger partial charge in [-0.1, -0.05) is 30.3 Å². The van der Waals surface area contributed by atoms with E-state index < -0.39 is 11.8 Å². The number of carbonyl (C=O) groups excluding carboxylic acids is 2. The normalized spacial score (nSPS) is 17.4. The monoisotopic (exact) mass is 401 g/mol. The first kappa shape index (κ1) is 19.1. The molecular weight excluding hydrogens is 378 g/mol. The van der Waals surface area contributed by atoms with Gasteiger partial charge in [0.1, 0.15) is 5.00 Å². The molecule has 1 aromatic heterocycles. The van der Waals surface area contributed by atoms with Crippen LogP contribution in [0.4, 0.5) is 5.00 Å². The van der Waals surface area contributed by atoms with E-state index in [0.29, 0.717) is 49.6 Å². The van der Waals surface area contributed by atoms with Crippen LogP contribution >= 0.6 is 11.3 Å². The number of esters is 1. The fraction of sp³-hybridized carbons (Fsp3) is 0.429. The van der Waals surface area contributed by atoms with Crippen molar-refractivity contribution in [2.75, 3.05) is 25.2 Å². The molecule has 0 bridgehead atoms. The molecule has 0 radical (unpaired) electrons. The first-order valence-corrected chi connectivity index (χ1v) is 10.2. The fourth-order valence-electron chi connectivity index (χ4n) is 3.89. The molecule has 1 aromatic carbocycles. The largest absolute Gasteiger partial charge is 0.465 e. The zero-order valence-corrected chi connectivity index (χ0v) is 16.8. The van der Waals surface area contributed by atoms with Gasteiger partial charge in [0.25, 0.3) is 0 Å². The lowest BCUT2D eigenvalue weighted by Gasteiger charge is -2.31. The minimum Gasteiger partial charge on any atom is -0.465 e. The molecule has 1 fully saturated rings. The number of amides is 1. The van der Waals surface area contributed by atoms with Gasteiger partial charge in [-0.05, 0) is 17.5 Å². The van der Waals surface area contributed by atoms with Crippen molar-refractivity contribution in [2.24, 2.45) is 0 Å². The molecule has 148 valence electrons. The Labute approximate surface area is 168 Å². The smallest absolute Gasteiger partial charge is 0.341 e. The summed E-state index contributed by atoms with van der Waals surface area (Å²) in [5.74, 6) is -1.12. The zero-order chi connectivity index (χ0) is 19.7. The molecule has 0 atom stereocenters. The highest BCUT2D eigenvalue weighted by molar-refractivity contribution is 7.17. The predicted octanol–water partition coefficient (Wildman–Crippen LogP) is 3.32. The Balaban J connectivity index is 1.75. The number of anilines is 1. The van der Waals surface area contributed by atoms with E-state index in [1.54, 1.807) is 4.90 Å². The van der Waals surface area contributed by atoms with E-state index >= 15 is 0 Å². The van der Waals surface area contributed by atoms with Crippen molar-refractivity contribution in [1.29, 1.82) is 0 Å². The number of hydrogen-bond acceptors (Lipinski definition) is 6. The van der Waals surface area contributed by atoms with Crippen LogP contribution in [0, 0.1) is 0 Å². The van der Waals surface area contributed by atoms with Crippen LogP contribution in [0.5, 0.6) is 0 Å². The highest BCUT2D eigenvalue weighted by atomic mass is 32.1. The molecular formula is C21H23NO5S. The molecule has 1 aliphatic heterocycles.